The first-order chi connectivity index (χ1) is 14.9. The fraction of sp³-hybridized carbons (Fsp3) is 0.188. The molecule has 2 aromatic rings. The van der Waals surface area contributed by atoms with Gasteiger partial charge in [-0.15, -0.1) is 23.1 Å². The maximum absolute atomic E-state index is 12.8. The van der Waals surface area contributed by atoms with Gasteiger partial charge in [0.25, 0.3) is 5.91 Å². The average molecular weight is 480 g/mol. The van der Waals surface area contributed by atoms with Gasteiger partial charge >= 0.3 is 5.97 Å². The van der Waals surface area contributed by atoms with E-state index >= 15 is 0 Å². The lowest BCUT2D eigenvalue weighted by Gasteiger charge is -2.46. The third kappa shape index (κ3) is 4.01. The van der Waals surface area contributed by atoms with Crippen LogP contribution in [0.25, 0.3) is 6.08 Å². The van der Waals surface area contributed by atoms with Gasteiger partial charge in [0.15, 0.2) is 5.13 Å². The number of thioether (sulfide) groups is 1. The van der Waals surface area contributed by atoms with Gasteiger partial charge in [0.2, 0.25) is 17.4 Å². The molecule has 12 nitrogen and oxygen atoms in total. The Morgan fingerprint density at radius 3 is 2.77 bits per heavy atom. The summed E-state index contributed by atoms with van der Waals surface area (Å²) in [5, 5.41) is 23.5. The van der Waals surface area contributed by atoms with Crippen LogP contribution in [0, 0.1) is 0 Å². The van der Waals surface area contributed by atoms with Crippen LogP contribution in [-0.2, 0) is 14.4 Å². The lowest BCUT2D eigenvalue weighted by molar-refractivity contribution is -0.146. The van der Waals surface area contributed by atoms with Crippen LogP contribution in [0.2, 0.25) is 0 Å². The van der Waals surface area contributed by atoms with E-state index in [-0.39, 0.29) is 34.6 Å². The normalized spacial score (nSPS) is 21.2. The fourth-order valence-corrected chi connectivity index (χ4v) is 5.31. The average Bonchev–Trinajstić information content (AvgIpc) is 3.38. The number of carboxylic acid groups (broad SMARTS) is 1. The first-order valence-electron chi connectivity index (χ1n) is 8.53. The molecule has 0 aliphatic carbocycles. The molecule has 1 saturated heterocycles. The number of oxime groups is 1. The summed E-state index contributed by atoms with van der Waals surface area (Å²) in [6, 6.07) is 0. The smallest absolute Gasteiger partial charge is 0.353 e. The number of carboxylic acids is 1. The number of amides is 2. The molecule has 31 heavy (non-hydrogen) atoms. The number of aromatic nitrogens is 3. The number of nitrogen functional groups attached to an aromatic ring is 1. The first-order valence-corrected chi connectivity index (χ1v) is 11.1. The summed E-state index contributed by atoms with van der Waals surface area (Å²) in [6.07, 6.45) is 4.90. The number of hydrogen-bond acceptors (Lipinski definition) is 12. The molecule has 2 aromatic heterocycles. The summed E-state index contributed by atoms with van der Waals surface area (Å²) in [5.74, 6) is -2.60. The summed E-state index contributed by atoms with van der Waals surface area (Å²) in [7, 11) is 0. The summed E-state index contributed by atoms with van der Waals surface area (Å²) < 4.78 is 3.85. The predicted octanol–water partition coefficient (Wildman–Crippen LogP) is 0.555. The third-order valence-electron chi connectivity index (χ3n) is 4.31. The second-order valence-corrected chi connectivity index (χ2v) is 9.15. The monoisotopic (exact) mass is 479 g/mol. The third-order valence-corrected chi connectivity index (χ3v) is 6.93. The van der Waals surface area contributed by atoms with Gasteiger partial charge in [-0.25, -0.2) is 4.79 Å². The molecule has 4 heterocycles. The lowest BCUT2D eigenvalue weighted by atomic mass is 10.1. The molecule has 2 atom stereocenters. The van der Waals surface area contributed by atoms with Crippen molar-refractivity contribution in [2.45, 2.75) is 17.2 Å². The van der Waals surface area contributed by atoms with E-state index in [4.69, 9.17) is 5.73 Å². The Balaban J connectivity index is 1.69. The minimum atomic E-state index is -1.30. The topological polar surface area (TPSA) is 184 Å². The highest BCUT2D eigenvalue weighted by Gasteiger charge is 2.48. The maximum atomic E-state index is 12.8. The molecule has 0 saturated carbocycles. The number of rotatable bonds is 6. The van der Waals surface area contributed by atoms with E-state index in [1.54, 1.807) is 17.8 Å². The molecule has 4 rings (SSSR count). The molecule has 5 N–H and O–H groups in total. The molecule has 0 radical (unpaired) electrons. The van der Waals surface area contributed by atoms with Crippen molar-refractivity contribution in [1.82, 2.24) is 24.6 Å². The van der Waals surface area contributed by atoms with E-state index in [9.17, 15) is 24.7 Å². The van der Waals surface area contributed by atoms with E-state index in [1.807, 2.05) is 0 Å². The molecule has 2 aliphatic rings. The van der Waals surface area contributed by atoms with Gasteiger partial charge in [0.05, 0.1) is 17.3 Å². The van der Waals surface area contributed by atoms with Crippen LogP contribution >= 0.6 is 34.6 Å². The van der Waals surface area contributed by atoms with Crippen LogP contribution in [0.5, 0.6) is 0 Å². The minimum Gasteiger partial charge on any atom is -0.477 e. The zero-order valence-electron chi connectivity index (χ0n) is 15.3. The number of fused-ring (bicyclic) bond motifs is 1. The number of β-lactam (4-membered cyclic amide) rings is 1. The summed E-state index contributed by atoms with van der Waals surface area (Å²) in [6.45, 7) is 0. The van der Waals surface area contributed by atoms with Crippen molar-refractivity contribution in [3.63, 3.8) is 0 Å². The Kier molecular flexibility index (Phi) is 5.71. The van der Waals surface area contributed by atoms with E-state index in [0.29, 0.717) is 0 Å². The minimum absolute atomic E-state index is 0.0841. The second kappa shape index (κ2) is 8.44. The maximum Gasteiger partial charge on any atom is 0.353 e. The molecule has 0 bridgehead atoms. The number of nitrogens with zero attached hydrogens (tertiary/aromatic N) is 5. The Morgan fingerprint density at radius 1 is 1.39 bits per heavy atom. The zero-order valence-corrected chi connectivity index (χ0v) is 17.8. The summed E-state index contributed by atoms with van der Waals surface area (Å²) in [4.78, 5) is 46.5. The lowest BCUT2D eigenvalue weighted by Crippen LogP contribution is -2.57. The highest BCUT2D eigenvalue weighted by molar-refractivity contribution is 8.00. The van der Waals surface area contributed by atoms with Gasteiger partial charge in [-0.3, -0.25) is 19.5 Å². The number of nitrogens with two attached hydrogens (primary N) is 1. The molecule has 15 heteroatoms. The highest BCUT2D eigenvalue weighted by atomic mass is 32.2. The largest absolute Gasteiger partial charge is 0.477 e. The van der Waals surface area contributed by atoms with Gasteiger partial charge in [0.1, 0.15) is 11.1 Å². The molecule has 2 amide bonds. The van der Waals surface area contributed by atoms with Crippen LogP contribution in [0.15, 0.2) is 34.2 Å². The number of anilines is 1. The second-order valence-electron chi connectivity index (χ2n) is 6.16. The van der Waals surface area contributed by atoms with Gasteiger partial charge in [0, 0.05) is 28.2 Å². The number of aliphatic carboxylic acids is 1. The summed E-state index contributed by atoms with van der Waals surface area (Å²) in [5.41, 5.74) is 6.65. The van der Waals surface area contributed by atoms with Crippen molar-refractivity contribution >= 4 is 69.3 Å². The Labute approximate surface area is 186 Å². The van der Waals surface area contributed by atoms with E-state index in [0.717, 1.165) is 16.4 Å². The Hall–Kier alpha value is -3.30. The number of nitrogens with one attached hydrogen (secondary N) is 1. The van der Waals surface area contributed by atoms with Gasteiger partial charge in [-0.05, 0) is 6.08 Å². The SMILES string of the molecule is Nc1nc(C(=NO)C(=O)NC2S[C@H]3CC(=O)N3C(C(=O)O)=C2C=Cc2cncs2)ns1. The quantitative estimate of drug-likeness (QED) is 0.197. The van der Waals surface area contributed by atoms with E-state index in [2.05, 4.69) is 24.8 Å². The van der Waals surface area contributed by atoms with E-state index < -0.39 is 28.3 Å². The van der Waals surface area contributed by atoms with Gasteiger partial charge in [-0.1, -0.05) is 11.2 Å². The number of carbonyl (C=O) groups excluding carboxylic acids is 2. The van der Waals surface area contributed by atoms with Crippen LogP contribution in [0.3, 0.4) is 0 Å². The predicted molar refractivity (Wildman–Crippen MR) is 113 cm³/mol. The van der Waals surface area contributed by atoms with Crippen molar-refractivity contribution in [2.75, 3.05) is 5.73 Å². The summed E-state index contributed by atoms with van der Waals surface area (Å²) >= 11 is 3.36. The van der Waals surface area contributed by atoms with Gasteiger partial charge in [-0.2, -0.15) is 9.36 Å². The Morgan fingerprint density at radius 2 is 2.19 bits per heavy atom. The Bertz CT molecular complexity index is 1140. The fourth-order valence-electron chi connectivity index (χ4n) is 2.95. The molecule has 2 aliphatic heterocycles. The number of thiazole rings is 1. The standard InChI is InChI=1S/C16H13N7O5S3/c17-16-19-12(22-31-16)10(21-28)13(25)20-14-7(2-1-6-4-18-5-29-6)11(15(26)27)23-8(24)3-9(23)30-14/h1-2,4-5,9,14,28H,3H2,(H,20,25)(H,26,27)(H2,17,19,22)/t9-,14?/m0/s1. The molecular weight excluding hydrogens is 466 g/mol. The van der Waals surface area contributed by atoms with Crippen molar-refractivity contribution in [3.8, 4) is 0 Å². The van der Waals surface area contributed by atoms with Crippen molar-refractivity contribution in [2.24, 2.45) is 5.16 Å². The molecule has 0 spiro atoms. The van der Waals surface area contributed by atoms with Gasteiger partial charge < -0.3 is 21.4 Å². The number of carbonyl (C=O) groups is 3. The van der Waals surface area contributed by atoms with Crippen LogP contribution < -0.4 is 11.1 Å². The molecule has 0 aromatic carbocycles. The van der Waals surface area contributed by atoms with Crippen LogP contribution in [0.1, 0.15) is 17.1 Å². The first kappa shape index (κ1) is 21.0. The van der Waals surface area contributed by atoms with E-state index in [1.165, 1.54) is 34.1 Å². The molecule has 160 valence electrons. The number of hydrogen-bond donors (Lipinski definition) is 4. The van der Waals surface area contributed by atoms with Crippen molar-refractivity contribution in [3.05, 3.63) is 39.8 Å². The van der Waals surface area contributed by atoms with Crippen LogP contribution in [0.4, 0.5) is 5.13 Å². The molecular formula is C16H13N7O5S3. The molecule has 1 fully saturated rings. The highest BCUT2D eigenvalue weighted by Crippen LogP contribution is 2.43. The molecule has 1 unspecified atom stereocenters. The zero-order chi connectivity index (χ0) is 22.1. The van der Waals surface area contributed by atoms with Crippen molar-refractivity contribution < 1.29 is 24.7 Å². The van der Waals surface area contributed by atoms with Crippen molar-refractivity contribution in [1.29, 1.82) is 0 Å². The van der Waals surface area contributed by atoms with Crippen LogP contribution in [-0.4, -0.2) is 63.8 Å².